The molecule has 2 atom stereocenters. The van der Waals surface area contributed by atoms with Crippen molar-refractivity contribution >= 4 is 21.8 Å². The molecule has 0 aromatic carbocycles. The highest BCUT2D eigenvalue weighted by Gasteiger charge is 2.26. The lowest BCUT2D eigenvalue weighted by molar-refractivity contribution is -0.124. The van der Waals surface area contributed by atoms with E-state index in [1.807, 2.05) is 20.9 Å². The predicted octanol–water partition coefficient (Wildman–Crippen LogP) is 3.37. The monoisotopic (exact) mass is 403 g/mol. The van der Waals surface area contributed by atoms with Gasteiger partial charge in [0, 0.05) is 18.3 Å². The zero-order chi connectivity index (χ0) is 18.2. The molecule has 2 unspecified atom stereocenters. The van der Waals surface area contributed by atoms with E-state index in [-0.39, 0.29) is 22.1 Å². The average molecular weight is 404 g/mol. The van der Waals surface area contributed by atoms with E-state index in [1.165, 1.54) is 4.68 Å². The van der Waals surface area contributed by atoms with E-state index >= 15 is 0 Å². The van der Waals surface area contributed by atoms with Crippen molar-refractivity contribution in [3.8, 4) is 0 Å². The van der Waals surface area contributed by atoms with Gasteiger partial charge in [-0.15, -0.1) is 0 Å². The van der Waals surface area contributed by atoms with E-state index in [1.54, 1.807) is 24.7 Å². The maximum Gasteiger partial charge on any atom is 0.283 e. The average Bonchev–Trinajstić information content (AvgIpc) is 3.00. The number of aryl methyl sites for hydroxylation is 1. The third-order valence-electron chi connectivity index (χ3n) is 4.15. The van der Waals surface area contributed by atoms with Crippen LogP contribution < -0.4 is 5.32 Å². The maximum atomic E-state index is 12.9. The molecule has 2 heterocycles. The molecule has 0 aliphatic heterocycles. The highest BCUT2D eigenvalue weighted by atomic mass is 79.9. The molecule has 0 spiro atoms. The Kier molecular flexibility index (Phi) is 5.42. The van der Waals surface area contributed by atoms with Gasteiger partial charge in [0.05, 0.1) is 22.4 Å². The van der Waals surface area contributed by atoms with Crippen LogP contribution in [0.4, 0.5) is 8.78 Å². The van der Waals surface area contributed by atoms with Crippen molar-refractivity contribution in [2.45, 2.75) is 46.2 Å². The van der Waals surface area contributed by atoms with Crippen LogP contribution in [0.5, 0.6) is 0 Å². The molecule has 2 aromatic rings. The predicted molar refractivity (Wildman–Crippen MR) is 88.8 cm³/mol. The second-order valence-electron chi connectivity index (χ2n) is 5.75. The summed E-state index contributed by atoms with van der Waals surface area (Å²) in [6.07, 6.45) is -0.998. The fraction of sp³-hybridized carbons (Fsp3) is 0.533. The van der Waals surface area contributed by atoms with Crippen molar-refractivity contribution in [1.82, 2.24) is 24.9 Å². The minimum atomic E-state index is -2.70. The molecule has 24 heavy (non-hydrogen) atoms. The van der Waals surface area contributed by atoms with Crippen LogP contribution in [-0.4, -0.2) is 25.5 Å². The Labute approximate surface area is 147 Å². The molecule has 1 N–H and O–H groups in total. The zero-order valence-corrected chi connectivity index (χ0v) is 15.7. The van der Waals surface area contributed by atoms with Gasteiger partial charge >= 0.3 is 0 Å². The Hall–Kier alpha value is -1.77. The van der Waals surface area contributed by atoms with Crippen molar-refractivity contribution in [3.05, 3.63) is 33.3 Å². The first-order chi connectivity index (χ1) is 11.1. The Morgan fingerprint density at radius 1 is 1.29 bits per heavy atom. The third-order valence-corrected chi connectivity index (χ3v) is 5.13. The highest BCUT2D eigenvalue weighted by molar-refractivity contribution is 9.10. The van der Waals surface area contributed by atoms with E-state index in [9.17, 15) is 13.6 Å². The van der Waals surface area contributed by atoms with E-state index in [4.69, 9.17) is 0 Å². The molecule has 1 amide bonds. The smallest absolute Gasteiger partial charge is 0.283 e. The highest BCUT2D eigenvalue weighted by Crippen LogP contribution is 2.30. The summed E-state index contributed by atoms with van der Waals surface area (Å²) in [5.74, 6) is -0.301. The van der Waals surface area contributed by atoms with Crippen molar-refractivity contribution in [3.63, 3.8) is 0 Å². The number of hydrogen-bond donors (Lipinski definition) is 1. The summed E-state index contributed by atoms with van der Waals surface area (Å²) < 4.78 is 29.2. The minimum absolute atomic E-state index is 0.230. The van der Waals surface area contributed by atoms with Crippen LogP contribution in [0, 0.1) is 13.8 Å². The molecule has 2 aromatic heterocycles. The van der Waals surface area contributed by atoms with Crippen LogP contribution in [0.3, 0.4) is 0 Å². The molecule has 0 aliphatic carbocycles. The fourth-order valence-corrected chi connectivity index (χ4v) is 2.94. The van der Waals surface area contributed by atoms with Gasteiger partial charge in [0.1, 0.15) is 11.7 Å². The van der Waals surface area contributed by atoms with E-state index in [0.717, 1.165) is 11.3 Å². The molecule has 6 nitrogen and oxygen atoms in total. The summed E-state index contributed by atoms with van der Waals surface area (Å²) in [5, 5.41) is 10.9. The molecule has 0 bridgehead atoms. The van der Waals surface area contributed by atoms with E-state index in [0.29, 0.717) is 5.69 Å². The van der Waals surface area contributed by atoms with Gasteiger partial charge in [-0.2, -0.15) is 10.2 Å². The normalized spacial score (nSPS) is 14.0. The number of alkyl halides is 2. The molecule has 0 fully saturated rings. The number of carbonyl (C=O) groups excluding carboxylic acids is 1. The van der Waals surface area contributed by atoms with E-state index in [2.05, 4.69) is 31.4 Å². The molecule has 9 heteroatoms. The summed E-state index contributed by atoms with van der Waals surface area (Å²) in [7, 11) is 1.83. The molecule has 0 saturated carbocycles. The van der Waals surface area contributed by atoms with Crippen molar-refractivity contribution in [2.75, 3.05) is 0 Å². The van der Waals surface area contributed by atoms with Crippen LogP contribution in [0.25, 0.3) is 0 Å². The largest absolute Gasteiger partial charge is 0.348 e. The lowest BCUT2D eigenvalue weighted by Gasteiger charge is -2.19. The Bertz CT molecular complexity index is 755. The van der Waals surface area contributed by atoms with Crippen molar-refractivity contribution in [2.24, 2.45) is 7.05 Å². The number of amides is 1. The van der Waals surface area contributed by atoms with Crippen LogP contribution in [-0.2, 0) is 11.8 Å². The van der Waals surface area contributed by atoms with E-state index < -0.39 is 12.5 Å². The summed E-state index contributed by atoms with van der Waals surface area (Å²) >= 11 is 3.11. The Balaban J connectivity index is 2.18. The summed E-state index contributed by atoms with van der Waals surface area (Å²) in [6.45, 7) is 7.03. The lowest BCUT2D eigenvalue weighted by atomic mass is 10.1. The first kappa shape index (κ1) is 18.6. The zero-order valence-electron chi connectivity index (χ0n) is 14.1. The quantitative estimate of drug-likeness (QED) is 0.831. The molecule has 0 saturated heterocycles. The number of aromatic nitrogens is 4. The first-order valence-corrected chi connectivity index (χ1v) is 8.26. The van der Waals surface area contributed by atoms with Crippen molar-refractivity contribution < 1.29 is 13.6 Å². The second-order valence-corrected chi connectivity index (χ2v) is 6.54. The van der Waals surface area contributed by atoms with Gasteiger partial charge in [0.2, 0.25) is 5.91 Å². The van der Waals surface area contributed by atoms with Crippen molar-refractivity contribution in [1.29, 1.82) is 0 Å². The fourth-order valence-electron chi connectivity index (χ4n) is 2.50. The number of carbonyl (C=O) groups is 1. The molecule has 0 aliphatic rings. The summed E-state index contributed by atoms with van der Waals surface area (Å²) in [5.41, 5.74) is 1.99. The maximum absolute atomic E-state index is 12.9. The van der Waals surface area contributed by atoms with Crippen LogP contribution >= 0.6 is 15.9 Å². The minimum Gasteiger partial charge on any atom is -0.348 e. The lowest BCUT2D eigenvalue weighted by Crippen LogP contribution is -2.34. The number of rotatable bonds is 5. The molecular weight excluding hydrogens is 384 g/mol. The number of hydrogen-bond acceptors (Lipinski definition) is 3. The van der Waals surface area contributed by atoms with Gasteiger partial charge in [0.15, 0.2) is 0 Å². The number of nitrogens with zero attached hydrogens (tertiary/aromatic N) is 4. The SMILES string of the molecule is Cc1c(C(C)NC(=O)C(C)n2nc(C(F)F)c(Br)c2C)cnn1C. The van der Waals surface area contributed by atoms with Gasteiger partial charge < -0.3 is 5.32 Å². The van der Waals surface area contributed by atoms with Crippen LogP contribution in [0.2, 0.25) is 0 Å². The van der Waals surface area contributed by atoms with Gasteiger partial charge in [0.25, 0.3) is 6.43 Å². The molecule has 132 valence electrons. The standard InChI is InChI=1S/C15H20BrF2N5O/c1-7(11-6-19-22(5)8(11)2)20-15(24)10(4)23-9(3)12(16)13(21-23)14(17)18/h6-7,10,14H,1-5H3,(H,20,24). The van der Waals surface area contributed by atoms with Gasteiger partial charge in [-0.25, -0.2) is 8.78 Å². The van der Waals surface area contributed by atoms with Crippen LogP contribution in [0.15, 0.2) is 10.7 Å². The second kappa shape index (κ2) is 7.00. The van der Waals surface area contributed by atoms with Gasteiger partial charge in [-0.05, 0) is 43.6 Å². The summed E-state index contributed by atoms with van der Waals surface area (Å²) in [6, 6.07) is -0.962. The Morgan fingerprint density at radius 2 is 1.92 bits per heavy atom. The summed E-state index contributed by atoms with van der Waals surface area (Å²) in [4.78, 5) is 12.5. The topological polar surface area (TPSA) is 64.7 Å². The third kappa shape index (κ3) is 3.35. The van der Waals surface area contributed by atoms with Gasteiger partial charge in [-0.1, -0.05) is 0 Å². The molecular formula is C15H20BrF2N5O. The number of nitrogens with one attached hydrogen (secondary N) is 1. The Morgan fingerprint density at radius 3 is 2.38 bits per heavy atom. The number of halogens is 3. The molecule has 2 rings (SSSR count). The van der Waals surface area contributed by atoms with Gasteiger partial charge in [-0.3, -0.25) is 14.2 Å². The van der Waals surface area contributed by atoms with Crippen LogP contribution in [0.1, 0.15) is 55.0 Å². The first-order valence-electron chi connectivity index (χ1n) is 7.46. The molecule has 0 radical (unpaired) electrons.